The summed E-state index contributed by atoms with van der Waals surface area (Å²) in [7, 11) is -1.61. The van der Waals surface area contributed by atoms with Crippen molar-refractivity contribution in [2.45, 2.75) is 0 Å². The van der Waals surface area contributed by atoms with Crippen LogP contribution in [0, 0.1) is 0 Å². The summed E-state index contributed by atoms with van der Waals surface area (Å²) in [5, 5.41) is 6.56. The van der Waals surface area contributed by atoms with E-state index in [-0.39, 0.29) is 0 Å². The molecule has 0 fully saturated rings. The van der Waals surface area contributed by atoms with E-state index < -0.39 is 8.80 Å². The first-order valence-electron chi connectivity index (χ1n) is 8.92. The van der Waals surface area contributed by atoms with Crippen molar-refractivity contribution in [3.63, 3.8) is 0 Å². The fraction of sp³-hybridized carbons (Fsp3) is 0. The molecule has 0 aliphatic rings. The van der Waals surface area contributed by atoms with Crippen molar-refractivity contribution < 1.29 is 4.42 Å². The molecule has 0 unspecified atom stereocenters. The first-order valence-corrected chi connectivity index (χ1v) is 10.6. The molecule has 0 N–H and O–H groups in total. The zero-order valence-corrected chi connectivity index (χ0v) is 15.5. The molecule has 0 amide bonds. The summed E-state index contributed by atoms with van der Waals surface area (Å²) in [5.41, 5.74) is 2.00. The van der Waals surface area contributed by atoms with Crippen LogP contribution in [-0.4, -0.2) is 8.80 Å². The Balaban J connectivity index is 1.82. The molecule has 0 radical (unpaired) electrons. The summed E-state index contributed by atoms with van der Waals surface area (Å²) < 4.78 is 6.34. The van der Waals surface area contributed by atoms with Crippen LogP contribution in [0.2, 0.25) is 0 Å². The van der Waals surface area contributed by atoms with Crippen molar-refractivity contribution in [2.24, 2.45) is 0 Å². The summed E-state index contributed by atoms with van der Waals surface area (Å²) in [5.74, 6) is 0. The second-order valence-electron chi connectivity index (χ2n) is 6.58. The van der Waals surface area contributed by atoms with E-state index in [1.807, 2.05) is 6.07 Å². The van der Waals surface area contributed by atoms with Crippen molar-refractivity contribution in [1.82, 2.24) is 0 Å². The highest BCUT2D eigenvalue weighted by molar-refractivity contribution is 6.96. The van der Waals surface area contributed by atoms with Gasteiger partial charge in [0.2, 0.25) is 0 Å². The van der Waals surface area contributed by atoms with Crippen molar-refractivity contribution >= 4 is 46.3 Å². The maximum Gasteiger partial charge on any atom is 0.137 e. The molecule has 0 aliphatic heterocycles. The Morgan fingerprint density at radius 3 is 1.77 bits per heavy atom. The van der Waals surface area contributed by atoms with Crippen molar-refractivity contribution in [3.05, 3.63) is 103 Å². The average Bonchev–Trinajstić information content (AvgIpc) is 3.10. The molecule has 5 aromatic rings. The van der Waals surface area contributed by atoms with E-state index in [0.717, 1.165) is 11.2 Å². The van der Waals surface area contributed by atoms with Crippen LogP contribution in [0.4, 0.5) is 0 Å². The highest BCUT2D eigenvalue weighted by atomic mass is 28.3. The van der Waals surface area contributed by atoms with Crippen LogP contribution in [-0.2, 0) is 0 Å². The summed E-state index contributed by atoms with van der Waals surface area (Å²) in [6.07, 6.45) is 0. The van der Waals surface area contributed by atoms with Gasteiger partial charge in [-0.2, -0.15) is 0 Å². The SMILES string of the molecule is c1ccc([SiH](c2ccccc2)c2cccc3c2oc2ccccc23)cc1. The van der Waals surface area contributed by atoms with Gasteiger partial charge in [-0.05, 0) is 11.3 Å². The van der Waals surface area contributed by atoms with Gasteiger partial charge in [0, 0.05) is 10.8 Å². The molecule has 0 aliphatic carbocycles. The van der Waals surface area contributed by atoms with E-state index >= 15 is 0 Å². The predicted octanol–water partition coefficient (Wildman–Crippen LogP) is 3.83. The van der Waals surface area contributed by atoms with Crippen LogP contribution < -0.4 is 15.6 Å². The zero-order chi connectivity index (χ0) is 17.3. The average molecular weight is 350 g/mol. The van der Waals surface area contributed by atoms with Gasteiger partial charge >= 0.3 is 0 Å². The van der Waals surface area contributed by atoms with Crippen LogP contribution in [0.5, 0.6) is 0 Å². The number of furan rings is 1. The minimum atomic E-state index is -1.61. The highest BCUT2D eigenvalue weighted by Gasteiger charge is 2.23. The highest BCUT2D eigenvalue weighted by Crippen LogP contribution is 2.27. The maximum absolute atomic E-state index is 6.34. The Kier molecular flexibility index (Phi) is 3.69. The van der Waals surface area contributed by atoms with E-state index in [4.69, 9.17) is 4.42 Å². The number of fused-ring (bicyclic) bond motifs is 3. The lowest BCUT2D eigenvalue weighted by Crippen LogP contribution is -2.52. The lowest BCUT2D eigenvalue weighted by atomic mass is 10.1. The molecule has 0 saturated carbocycles. The lowest BCUT2D eigenvalue weighted by Gasteiger charge is -2.17. The van der Waals surface area contributed by atoms with E-state index in [9.17, 15) is 0 Å². The zero-order valence-electron chi connectivity index (χ0n) is 14.3. The maximum atomic E-state index is 6.34. The molecular weight excluding hydrogens is 332 g/mol. The minimum Gasteiger partial charge on any atom is -0.456 e. The van der Waals surface area contributed by atoms with Gasteiger partial charge in [-0.1, -0.05) is 107 Å². The topological polar surface area (TPSA) is 13.1 Å². The first-order chi connectivity index (χ1) is 12.9. The standard InChI is InChI=1S/C24H18OSi/c1-3-10-18(11-4-1)26(19-12-5-2-6-13-19)23-17-9-15-21-20-14-7-8-16-22(20)25-24(21)23/h1-17,26H. The number of benzene rings is 4. The molecule has 5 rings (SSSR count). The van der Waals surface area contributed by atoms with Crippen LogP contribution in [0.3, 0.4) is 0 Å². The third kappa shape index (κ3) is 2.47. The Morgan fingerprint density at radius 1 is 0.500 bits per heavy atom. The normalized spacial score (nSPS) is 11.4. The monoisotopic (exact) mass is 350 g/mol. The van der Waals surface area contributed by atoms with Gasteiger partial charge in [0.1, 0.15) is 20.0 Å². The van der Waals surface area contributed by atoms with E-state index in [0.29, 0.717) is 0 Å². The van der Waals surface area contributed by atoms with Crippen molar-refractivity contribution in [1.29, 1.82) is 0 Å². The largest absolute Gasteiger partial charge is 0.456 e. The second kappa shape index (κ2) is 6.32. The third-order valence-electron chi connectivity index (χ3n) is 5.01. The van der Waals surface area contributed by atoms with Crippen molar-refractivity contribution in [2.75, 3.05) is 0 Å². The smallest absolute Gasteiger partial charge is 0.137 e. The van der Waals surface area contributed by atoms with E-state index in [1.54, 1.807) is 0 Å². The van der Waals surface area contributed by atoms with Gasteiger partial charge < -0.3 is 4.42 Å². The Hall–Kier alpha value is -3.10. The predicted molar refractivity (Wildman–Crippen MR) is 113 cm³/mol. The fourth-order valence-corrected chi connectivity index (χ4v) is 6.94. The van der Waals surface area contributed by atoms with Crippen LogP contribution in [0.15, 0.2) is 108 Å². The fourth-order valence-electron chi connectivity index (χ4n) is 3.84. The summed E-state index contributed by atoms with van der Waals surface area (Å²) in [6.45, 7) is 0. The molecule has 0 atom stereocenters. The van der Waals surface area contributed by atoms with Crippen LogP contribution in [0.1, 0.15) is 0 Å². The Bertz CT molecular complexity index is 1140. The lowest BCUT2D eigenvalue weighted by molar-refractivity contribution is 0.671. The third-order valence-corrected chi connectivity index (χ3v) is 8.19. The Labute approximate surface area is 154 Å². The molecule has 0 bridgehead atoms. The van der Waals surface area contributed by atoms with Gasteiger partial charge in [0.05, 0.1) is 0 Å². The molecule has 4 aromatic carbocycles. The minimum absolute atomic E-state index is 0.962. The number of rotatable bonds is 3. The Morgan fingerprint density at radius 2 is 1.08 bits per heavy atom. The van der Waals surface area contributed by atoms with Crippen molar-refractivity contribution in [3.8, 4) is 0 Å². The van der Waals surface area contributed by atoms with E-state index in [1.165, 1.54) is 26.3 Å². The van der Waals surface area contributed by atoms with Crippen LogP contribution in [0.25, 0.3) is 21.9 Å². The molecule has 0 saturated heterocycles. The number of hydrogen-bond donors (Lipinski definition) is 0. The number of para-hydroxylation sites is 2. The molecule has 1 nitrogen and oxygen atoms in total. The van der Waals surface area contributed by atoms with Gasteiger partial charge in [0.15, 0.2) is 0 Å². The van der Waals surface area contributed by atoms with Gasteiger partial charge in [-0.3, -0.25) is 0 Å². The van der Waals surface area contributed by atoms with E-state index in [2.05, 4.69) is 97.1 Å². The number of hydrogen-bond acceptors (Lipinski definition) is 1. The van der Waals surface area contributed by atoms with Crippen LogP contribution >= 0.6 is 0 Å². The van der Waals surface area contributed by atoms with Gasteiger partial charge in [0.25, 0.3) is 0 Å². The molecule has 0 spiro atoms. The molecular formula is C24H18OSi. The molecule has 1 aromatic heterocycles. The molecule has 26 heavy (non-hydrogen) atoms. The van der Waals surface area contributed by atoms with Gasteiger partial charge in [-0.25, -0.2) is 0 Å². The quantitative estimate of drug-likeness (QED) is 0.356. The summed E-state index contributed by atoms with van der Waals surface area (Å²) >= 11 is 0. The summed E-state index contributed by atoms with van der Waals surface area (Å²) in [6, 6.07) is 36.6. The second-order valence-corrected chi connectivity index (χ2v) is 9.40. The summed E-state index contributed by atoms with van der Waals surface area (Å²) in [4.78, 5) is 0. The molecule has 1 heterocycles. The molecule has 2 heteroatoms. The molecule has 124 valence electrons. The van der Waals surface area contributed by atoms with Gasteiger partial charge in [-0.15, -0.1) is 0 Å². The first kappa shape index (κ1) is 15.2.